The van der Waals surface area contributed by atoms with Gasteiger partial charge in [0.1, 0.15) is 11.5 Å². The van der Waals surface area contributed by atoms with E-state index in [4.69, 9.17) is 5.11 Å². The highest BCUT2D eigenvalue weighted by molar-refractivity contribution is 9.10. The molecule has 21 heavy (non-hydrogen) atoms. The highest BCUT2D eigenvalue weighted by Gasteiger charge is 2.30. The summed E-state index contributed by atoms with van der Waals surface area (Å²) in [5.41, 5.74) is -0.0767. The Morgan fingerprint density at radius 2 is 2.24 bits per heavy atom. The van der Waals surface area contributed by atoms with Gasteiger partial charge in [0, 0.05) is 24.7 Å². The van der Waals surface area contributed by atoms with Gasteiger partial charge in [-0.2, -0.15) is 0 Å². The topological polar surface area (TPSA) is 83.7 Å². The van der Waals surface area contributed by atoms with Crippen LogP contribution in [0, 0.1) is 15.9 Å². The Kier molecular flexibility index (Phi) is 4.76. The van der Waals surface area contributed by atoms with Gasteiger partial charge in [-0.25, -0.2) is 4.39 Å². The van der Waals surface area contributed by atoms with Crippen LogP contribution in [-0.4, -0.2) is 28.6 Å². The molecule has 0 aromatic heterocycles. The first-order chi connectivity index (χ1) is 9.90. The first-order valence-corrected chi connectivity index (χ1v) is 7.31. The summed E-state index contributed by atoms with van der Waals surface area (Å²) in [4.78, 5) is 23.2. The van der Waals surface area contributed by atoms with Gasteiger partial charge in [0.05, 0.1) is 15.8 Å². The zero-order valence-corrected chi connectivity index (χ0v) is 12.7. The molecule has 1 aromatic carbocycles. The second kappa shape index (κ2) is 6.38. The number of aliphatic carboxylic acids is 1. The molecule has 1 aromatic rings. The summed E-state index contributed by atoms with van der Waals surface area (Å²) in [5.74, 6) is -1.57. The molecule has 0 amide bonds. The number of nitro benzene ring substituents is 1. The average molecular weight is 361 g/mol. The van der Waals surface area contributed by atoms with E-state index in [1.165, 1.54) is 0 Å². The van der Waals surface area contributed by atoms with Crippen LogP contribution in [-0.2, 0) is 4.79 Å². The summed E-state index contributed by atoms with van der Waals surface area (Å²) >= 11 is 2.94. The Balaban J connectivity index is 2.44. The highest BCUT2D eigenvalue weighted by atomic mass is 79.9. The average Bonchev–Trinajstić information content (AvgIpc) is 2.41. The number of hydrogen-bond acceptors (Lipinski definition) is 4. The van der Waals surface area contributed by atoms with Crippen LogP contribution >= 0.6 is 15.9 Å². The fourth-order valence-corrected chi connectivity index (χ4v) is 2.96. The van der Waals surface area contributed by atoms with Crippen molar-refractivity contribution >= 4 is 33.3 Å². The number of hydrogen-bond donors (Lipinski definition) is 1. The van der Waals surface area contributed by atoms with Crippen molar-refractivity contribution in [3.8, 4) is 0 Å². The van der Waals surface area contributed by atoms with Gasteiger partial charge in [0.25, 0.3) is 5.69 Å². The largest absolute Gasteiger partial charge is 0.481 e. The number of rotatable bonds is 4. The fraction of sp³-hybridized carbons (Fsp3) is 0.462. The summed E-state index contributed by atoms with van der Waals surface area (Å²) < 4.78 is 13.8. The standard InChI is InChI=1S/C13H14BrFN2O4/c14-9-6-12(17(20)21)11(7-10(9)15)16-4-2-1-3-8(16)5-13(18)19/h6-8H,1-5H2,(H,18,19). The molecule has 1 fully saturated rings. The molecule has 1 saturated heterocycles. The predicted octanol–water partition coefficient (Wildman–Crippen LogP) is 3.33. The minimum atomic E-state index is -0.966. The van der Waals surface area contributed by atoms with E-state index in [0.717, 1.165) is 25.0 Å². The molecule has 114 valence electrons. The van der Waals surface area contributed by atoms with E-state index in [9.17, 15) is 19.3 Å². The summed E-state index contributed by atoms with van der Waals surface area (Å²) in [6.07, 6.45) is 2.17. The van der Waals surface area contributed by atoms with Gasteiger partial charge >= 0.3 is 5.97 Å². The highest BCUT2D eigenvalue weighted by Crippen LogP contribution is 2.37. The minimum Gasteiger partial charge on any atom is -0.481 e. The number of halogens is 2. The Morgan fingerprint density at radius 1 is 1.52 bits per heavy atom. The quantitative estimate of drug-likeness (QED) is 0.657. The van der Waals surface area contributed by atoms with E-state index in [2.05, 4.69) is 15.9 Å². The first-order valence-electron chi connectivity index (χ1n) is 6.52. The SMILES string of the molecule is O=C(O)CC1CCCCN1c1cc(F)c(Br)cc1[N+](=O)[O-]. The van der Waals surface area contributed by atoms with Crippen molar-refractivity contribution in [2.24, 2.45) is 0 Å². The van der Waals surface area contributed by atoms with Crippen LogP contribution in [0.2, 0.25) is 0 Å². The van der Waals surface area contributed by atoms with Crippen molar-refractivity contribution in [3.63, 3.8) is 0 Å². The van der Waals surface area contributed by atoms with Gasteiger partial charge in [0.2, 0.25) is 0 Å². The summed E-state index contributed by atoms with van der Waals surface area (Å²) in [6.45, 7) is 0.486. The zero-order valence-electron chi connectivity index (χ0n) is 11.1. The van der Waals surface area contributed by atoms with Gasteiger partial charge in [-0.1, -0.05) is 0 Å². The third-order valence-corrected chi connectivity index (χ3v) is 4.17. The Bertz CT molecular complexity index is 582. The van der Waals surface area contributed by atoms with Crippen molar-refractivity contribution in [2.75, 3.05) is 11.4 Å². The van der Waals surface area contributed by atoms with Crippen LogP contribution in [0.5, 0.6) is 0 Å². The molecule has 1 atom stereocenters. The Hall–Kier alpha value is -1.70. The van der Waals surface area contributed by atoms with Crippen LogP contribution < -0.4 is 4.90 Å². The molecule has 1 aliphatic heterocycles. The lowest BCUT2D eigenvalue weighted by atomic mass is 9.98. The monoisotopic (exact) mass is 360 g/mol. The van der Waals surface area contributed by atoms with Crippen molar-refractivity contribution in [2.45, 2.75) is 31.7 Å². The number of nitrogens with zero attached hydrogens (tertiary/aromatic N) is 2. The van der Waals surface area contributed by atoms with Gasteiger partial charge in [-0.15, -0.1) is 0 Å². The molecular weight excluding hydrogens is 347 g/mol. The van der Waals surface area contributed by atoms with E-state index in [1.807, 2.05) is 0 Å². The summed E-state index contributed by atoms with van der Waals surface area (Å²) in [6, 6.07) is 1.87. The molecule has 8 heteroatoms. The van der Waals surface area contributed by atoms with Crippen molar-refractivity contribution in [1.29, 1.82) is 0 Å². The van der Waals surface area contributed by atoms with E-state index in [0.29, 0.717) is 13.0 Å². The first kappa shape index (κ1) is 15.7. The number of piperidine rings is 1. The minimum absolute atomic E-state index is 0.0183. The van der Waals surface area contributed by atoms with Crippen molar-refractivity contribution in [3.05, 3.63) is 32.5 Å². The Morgan fingerprint density at radius 3 is 2.86 bits per heavy atom. The third kappa shape index (κ3) is 3.49. The molecule has 6 nitrogen and oxygen atoms in total. The lowest BCUT2D eigenvalue weighted by molar-refractivity contribution is -0.384. The molecule has 0 spiro atoms. The normalized spacial score (nSPS) is 18.6. The van der Waals surface area contributed by atoms with Crippen molar-refractivity contribution < 1.29 is 19.2 Å². The van der Waals surface area contributed by atoms with Crippen LogP contribution in [0.3, 0.4) is 0 Å². The van der Waals surface area contributed by atoms with Gasteiger partial charge in [0.15, 0.2) is 0 Å². The molecule has 0 bridgehead atoms. The van der Waals surface area contributed by atoms with Crippen LogP contribution in [0.25, 0.3) is 0 Å². The smallest absolute Gasteiger partial charge is 0.305 e. The predicted molar refractivity (Wildman–Crippen MR) is 78.0 cm³/mol. The third-order valence-electron chi connectivity index (χ3n) is 3.56. The maximum atomic E-state index is 13.8. The maximum Gasteiger partial charge on any atom is 0.305 e. The zero-order chi connectivity index (χ0) is 15.6. The second-order valence-electron chi connectivity index (χ2n) is 4.95. The molecule has 0 saturated carbocycles. The summed E-state index contributed by atoms with van der Waals surface area (Å²) in [7, 11) is 0. The lowest BCUT2D eigenvalue weighted by Gasteiger charge is -2.36. The number of carboxylic acid groups (broad SMARTS) is 1. The maximum absolute atomic E-state index is 13.8. The second-order valence-corrected chi connectivity index (χ2v) is 5.81. The number of carbonyl (C=O) groups is 1. The number of carboxylic acids is 1. The summed E-state index contributed by atoms with van der Waals surface area (Å²) in [5, 5.41) is 20.1. The van der Waals surface area contributed by atoms with Crippen LogP contribution in [0.15, 0.2) is 16.6 Å². The lowest BCUT2D eigenvalue weighted by Crippen LogP contribution is -2.41. The van der Waals surface area contributed by atoms with E-state index < -0.39 is 16.7 Å². The molecule has 1 heterocycles. The van der Waals surface area contributed by atoms with Gasteiger partial charge < -0.3 is 10.0 Å². The van der Waals surface area contributed by atoms with Crippen LogP contribution in [0.1, 0.15) is 25.7 Å². The number of nitro groups is 1. The number of benzene rings is 1. The van der Waals surface area contributed by atoms with Gasteiger partial charge in [-0.05, 0) is 35.2 Å². The van der Waals surface area contributed by atoms with E-state index in [-0.39, 0.29) is 28.3 Å². The van der Waals surface area contributed by atoms with Gasteiger partial charge in [-0.3, -0.25) is 14.9 Å². The molecule has 0 aliphatic carbocycles. The molecule has 1 unspecified atom stereocenters. The van der Waals surface area contributed by atoms with Crippen LogP contribution in [0.4, 0.5) is 15.8 Å². The van der Waals surface area contributed by atoms with E-state index >= 15 is 0 Å². The fourth-order valence-electron chi connectivity index (χ4n) is 2.63. The molecular formula is C13H14BrFN2O4. The molecule has 1 aliphatic rings. The Labute approximate surface area is 128 Å². The van der Waals surface area contributed by atoms with Crippen molar-refractivity contribution in [1.82, 2.24) is 0 Å². The molecule has 0 radical (unpaired) electrons. The molecule has 1 N–H and O–H groups in total. The number of anilines is 1. The van der Waals surface area contributed by atoms with E-state index in [1.54, 1.807) is 4.90 Å². The molecule has 2 rings (SSSR count).